The van der Waals surface area contributed by atoms with Gasteiger partial charge in [0.15, 0.2) is 5.78 Å². The Hall–Kier alpha value is -0.940. The van der Waals surface area contributed by atoms with Crippen LogP contribution in [-0.2, 0) is 14.3 Å². The molecule has 0 N–H and O–H groups in total. The van der Waals surface area contributed by atoms with Gasteiger partial charge >= 0.3 is 0 Å². The van der Waals surface area contributed by atoms with Gasteiger partial charge in [-0.25, -0.2) is 0 Å². The first-order chi connectivity index (χ1) is 9.08. The molecule has 98 valence electrons. The molecule has 5 heteroatoms. The molecule has 0 saturated carbocycles. The molecule has 0 bridgehead atoms. The van der Waals surface area contributed by atoms with Crippen LogP contribution in [0.15, 0.2) is 52.0 Å². The molecule has 1 aromatic rings. The maximum Gasteiger partial charge on any atom is 0.211 e. The number of hydrogen-bond acceptors (Lipinski definition) is 3. The predicted molar refractivity (Wildman–Crippen MR) is 74.7 cm³/mol. The van der Waals surface area contributed by atoms with Crippen LogP contribution in [0.2, 0.25) is 0 Å². The maximum absolute atomic E-state index is 11.3. The molecule has 1 saturated heterocycles. The molecule has 0 radical (unpaired) electrons. The molecule has 1 aromatic carbocycles. The van der Waals surface area contributed by atoms with Gasteiger partial charge in [0.05, 0.1) is 11.6 Å². The standard InChI is InChI=1S/C14H10BrClO3/c15-10-3-1-9(2-4-10)13-8-18-14(19-13)6-5-12(17)11(16)7-14/h1-7,13H,8H2/t13-,14-/m0/s1. The number of ether oxygens (including phenoxy) is 2. The maximum atomic E-state index is 11.3. The highest BCUT2D eigenvalue weighted by atomic mass is 79.9. The highest BCUT2D eigenvalue weighted by molar-refractivity contribution is 9.10. The molecule has 19 heavy (non-hydrogen) atoms. The number of halogens is 2. The van der Waals surface area contributed by atoms with E-state index in [4.69, 9.17) is 21.1 Å². The first-order valence-corrected chi connectivity index (χ1v) is 6.94. The summed E-state index contributed by atoms with van der Waals surface area (Å²) in [5, 5.41) is 0.124. The average Bonchev–Trinajstić information content (AvgIpc) is 2.80. The summed E-state index contributed by atoms with van der Waals surface area (Å²) in [4.78, 5) is 11.3. The van der Waals surface area contributed by atoms with E-state index in [1.54, 1.807) is 6.08 Å². The van der Waals surface area contributed by atoms with Crippen LogP contribution in [-0.4, -0.2) is 18.2 Å². The van der Waals surface area contributed by atoms with Crippen molar-refractivity contribution in [3.63, 3.8) is 0 Å². The van der Waals surface area contributed by atoms with E-state index < -0.39 is 5.79 Å². The summed E-state index contributed by atoms with van der Waals surface area (Å²) in [6.07, 6.45) is 4.31. The lowest BCUT2D eigenvalue weighted by atomic mass is 10.1. The zero-order valence-corrected chi connectivity index (χ0v) is 12.1. The zero-order valence-electron chi connectivity index (χ0n) is 9.81. The van der Waals surface area contributed by atoms with Gasteiger partial charge in [-0.15, -0.1) is 0 Å². The fraction of sp³-hybridized carbons (Fsp3) is 0.214. The Labute approximate surface area is 124 Å². The average molecular weight is 342 g/mol. The van der Waals surface area contributed by atoms with Gasteiger partial charge in [-0.1, -0.05) is 39.7 Å². The summed E-state index contributed by atoms with van der Waals surface area (Å²) in [6.45, 7) is 0.417. The van der Waals surface area contributed by atoms with Crippen LogP contribution in [0.1, 0.15) is 11.7 Å². The van der Waals surface area contributed by atoms with Crippen molar-refractivity contribution < 1.29 is 14.3 Å². The zero-order chi connectivity index (χ0) is 13.5. The second-order valence-electron chi connectivity index (χ2n) is 4.38. The van der Waals surface area contributed by atoms with Crippen LogP contribution in [0.5, 0.6) is 0 Å². The van der Waals surface area contributed by atoms with E-state index in [-0.39, 0.29) is 16.9 Å². The van der Waals surface area contributed by atoms with Gasteiger partial charge in [0.1, 0.15) is 6.10 Å². The largest absolute Gasteiger partial charge is 0.340 e. The molecule has 2 aliphatic rings. The Morgan fingerprint density at radius 3 is 2.74 bits per heavy atom. The number of ketones is 1. The van der Waals surface area contributed by atoms with E-state index in [0.717, 1.165) is 10.0 Å². The van der Waals surface area contributed by atoms with Gasteiger partial charge in [-0.3, -0.25) is 4.79 Å². The fourth-order valence-electron chi connectivity index (χ4n) is 2.07. The summed E-state index contributed by atoms with van der Waals surface area (Å²) in [6, 6.07) is 7.85. The monoisotopic (exact) mass is 340 g/mol. The van der Waals surface area contributed by atoms with Crippen molar-refractivity contribution in [3.8, 4) is 0 Å². The molecule has 3 nitrogen and oxygen atoms in total. The lowest BCUT2D eigenvalue weighted by Gasteiger charge is -2.23. The summed E-state index contributed by atoms with van der Waals surface area (Å²) >= 11 is 9.24. The molecule has 1 aliphatic carbocycles. The van der Waals surface area contributed by atoms with Gasteiger partial charge in [0, 0.05) is 10.5 Å². The van der Waals surface area contributed by atoms with E-state index in [2.05, 4.69) is 15.9 Å². The molecular weight excluding hydrogens is 332 g/mol. The van der Waals surface area contributed by atoms with Gasteiger partial charge in [-0.2, -0.15) is 0 Å². The van der Waals surface area contributed by atoms with Crippen molar-refractivity contribution in [2.24, 2.45) is 0 Å². The van der Waals surface area contributed by atoms with Crippen molar-refractivity contribution in [2.75, 3.05) is 6.61 Å². The Balaban J connectivity index is 1.83. The van der Waals surface area contributed by atoms with E-state index in [0.29, 0.717) is 6.61 Å². The normalized spacial score (nSPS) is 29.9. The van der Waals surface area contributed by atoms with Crippen molar-refractivity contribution in [2.45, 2.75) is 11.9 Å². The third-order valence-corrected chi connectivity index (χ3v) is 3.88. The van der Waals surface area contributed by atoms with Gasteiger partial charge in [0.2, 0.25) is 5.79 Å². The molecule has 1 heterocycles. The van der Waals surface area contributed by atoms with E-state index in [1.807, 2.05) is 24.3 Å². The van der Waals surface area contributed by atoms with Crippen molar-refractivity contribution in [1.82, 2.24) is 0 Å². The summed E-state index contributed by atoms with van der Waals surface area (Å²) in [7, 11) is 0. The topological polar surface area (TPSA) is 35.5 Å². The Morgan fingerprint density at radius 2 is 2.05 bits per heavy atom. The van der Waals surface area contributed by atoms with Crippen LogP contribution in [0.25, 0.3) is 0 Å². The highest BCUT2D eigenvalue weighted by Gasteiger charge is 2.40. The van der Waals surface area contributed by atoms with Crippen LogP contribution in [0.4, 0.5) is 0 Å². The first kappa shape index (κ1) is 13.1. The number of benzene rings is 1. The lowest BCUT2D eigenvalue weighted by Crippen LogP contribution is -2.28. The molecule has 0 amide bonds. The summed E-state index contributed by atoms with van der Waals surface area (Å²) in [5.74, 6) is -1.24. The van der Waals surface area contributed by atoms with Crippen molar-refractivity contribution in [3.05, 3.63) is 57.6 Å². The summed E-state index contributed by atoms with van der Waals surface area (Å²) < 4.78 is 12.6. The second kappa shape index (κ2) is 4.87. The first-order valence-electron chi connectivity index (χ1n) is 5.77. The molecule has 3 rings (SSSR count). The molecule has 0 unspecified atom stereocenters. The van der Waals surface area contributed by atoms with Crippen LogP contribution in [0, 0.1) is 0 Å². The quantitative estimate of drug-likeness (QED) is 0.784. The number of allylic oxidation sites excluding steroid dienone is 2. The minimum Gasteiger partial charge on any atom is -0.340 e. The predicted octanol–water partition coefficient (Wildman–Crippen LogP) is 3.49. The highest BCUT2D eigenvalue weighted by Crippen LogP contribution is 2.38. The Bertz CT molecular complexity index is 579. The third-order valence-electron chi connectivity index (χ3n) is 3.06. The number of rotatable bonds is 1. The van der Waals surface area contributed by atoms with E-state index >= 15 is 0 Å². The lowest BCUT2D eigenvalue weighted by molar-refractivity contribution is -0.114. The second-order valence-corrected chi connectivity index (χ2v) is 5.70. The molecule has 1 spiro atoms. The molecular formula is C14H10BrClO3. The molecule has 0 aromatic heterocycles. The molecule has 2 atom stereocenters. The Morgan fingerprint density at radius 1 is 1.32 bits per heavy atom. The SMILES string of the molecule is O=C1C=C[C@]2(C=C1Cl)OC[C@@H](c1ccc(Br)cc1)O2. The van der Waals surface area contributed by atoms with Crippen LogP contribution >= 0.6 is 27.5 Å². The minimum absolute atomic E-state index is 0.124. The van der Waals surface area contributed by atoms with Crippen molar-refractivity contribution >= 4 is 33.3 Å². The number of hydrogen-bond donors (Lipinski definition) is 0. The molecule has 1 aliphatic heterocycles. The van der Waals surface area contributed by atoms with Gasteiger partial charge < -0.3 is 9.47 Å². The van der Waals surface area contributed by atoms with Gasteiger partial charge in [0.25, 0.3) is 0 Å². The van der Waals surface area contributed by atoms with E-state index in [9.17, 15) is 4.79 Å². The van der Waals surface area contributed by atoms with Gasteiger partial charge in [-0.05, 0) is 29.8 Å². The smallest absolute Gasteiger partial charge is 0.211 e. The third kappa shape index (κ3) is 2.54. The number of carbonyl (C=O) groups excluding carboxylic acids is 1. The van der Waals surface area contributed by atoms with E-state index in [1.165, 1.54) is 12.2 Å². The number of carbonyl (C=O) groups is 1. The minimum atomic E-state index is -1.01. The Kier molecular flexibility index (Phi) is 3.35. The van der Waals surface area contributed by atoms with Crippen LogP contribution in [0.3, 0.4) is 0 Å². The fourth-order valence-corrected chi connectivity index (χ4v) is 2.55. The van der Waals surface area contributed by atoms with Crippen LogP contribution < -0.4 is 0 Å². The molecule has 1 fully saturated rings. The van der Waals surface area contributed by atoms with Crippen molar-refractivity contribution in [1.29, 1.82) is 0 Å². The summed E-state index contributed by atoms with van der Waals surface area (Å²) in [5.41, 5.74) is 1.02.